The molecule has 10 heteroatoms. The average Bonchev–Trinajstić information content (AvgIpc) is 3.39. The van der Waals surface area contributed by atoms with E-state index in [9.17, 15) is 23.6 Å². The highest BCUT2D eigenvalue weighted by Crippen LogP contribution is 2.41. The van der Waals surface area contributed by atoms with E-state index in [1.165, 1.54) is 54.8 Å². The molecule has 2 amide bonds. The average molecular weight is 507 g/mol. The van der Waals surface area contributed by atoms with Crippen molar-refractivity contribution in [2.75, 3.05) is 16.4 Å². The smallest absolute Gasteiger partial charge is 0.254 e. The first-order valence-electron chi connectivity index (χ1n) is 10.8. The Bertz CT molecular complexity index is 1380. The van der Waals surface area contributed by atoms with Gasteiger partial charge in [-0.25, -0.2) is 8.78 Å². The quantitative estimate of drug-likeness (QED) is 0.403. The van der Waals surface area contributed by atoms with Crippen LogP contribution in [0.4, 0.5) is 20.2 Å². The van der Waals surface area contributed by atoms with E-state index in [1.807, 2.05) is 0 Å². The summed E-state index contributed by atoms with van der Waals surface area (Å²) in [4.78, 5) is 25.7. The third kappa shape index (κ3) is 5.64. The molecule has 3 N–H and O–H groups in total. The minimum Gasteiger partial charge on any atom is -0.468 e. The number of thioether (sulfide) groups is 1. The molecule has 4 rings (SSSR count). The Morgan fingerprint density at radius 1 is 1.03 bits per heavy atom. The number of hydrogen-bond acceptors (Lipinski definition) is 6. The molecule has 0 bridgehead atoms. The van der Waals surface area contributed by atoms with E-state index >= 15 is 0 Å². The molecule has 0 fully saturated rings. The van der Waals surface area contributed by atoms with Gasteiger partial charge in [0.25, 0.3) is 5.91 Å². The lowest BCUT2D eigenvalue weighted by Gasteiger charge is -2.28. The van der Waals surface area contributed by atoms with Crippen molar-refractivity contribution in [3.8, 4) is 6.07 Å². The van der Waals surface area contributed by atoms with Gasteiger partial charge in [-0.05, 0) is 67.6 Å². The van der Waals surface area contributed by atoms with Crippen LogP contribution in [0.3, 0.4) is 0 Å². The first-order chi connectivity index (χ1) is 17.4. The van der Waals surface area contributed by atoms with Crippen LogP contribution in [0.1, 0.15) is 18.6 Å². The van der Waals surface area contributed by atoms with Crippen LogP contribution in [0.25, 0.3) is 0 Å². The number of rotatable bonds is 7. The van der Waals surface area contributed by atoms with Gasteiger partial charge in [0.1, 0.15) is 17.4 Å². The van der Waals surface area contributed by atoms with Crippen LogP contribution in [-0.2, 0) is 9.59 Å². The predicted molar refractivity (Wildman–Crippen MR) is 132 cm³/mol. The molecule has 7 nitrogen and oxygen atoms in total. The number of furan rings is 1. The van der Waals surface area contributed by atoms with Gasteiger partial charge < -0.3 is 20.4 Å². The number of allylic oxidation sites excluding steroid dienone is 2. The van der Waals surface area contributed by atoms with Crippen molar-refractivity contribution in [3.63, 3.8) is 0 Å². The second-order valence-electron chi connectivity index (χ2n) is 7.77. The van der Waals surface area contributed by atoms with Crippen molar-refractivity contribution >= 4 is 35.0 Å². The summed E-state index contributed by atoms with van der Waals surface area (Å²) in [6, 6.07) is 16.2. The molecule has 0 aliphatic carbocycles. The van der Waals surface area contributed by atoms with E-state index < -0.39 is 23.5 Å². The molecule has 1 aliphatic heterocycles. The highest BCUT2D eigenvalue weighted by molar-refractivity contribution is 8.03. The molecule has 0 spiro atoms. The lowest BCUT2D eigenvalue weighted by Crippen LogP contribution is -2.31. The van der Waals surface area contributed by atoms with Crippen LogP contribution in [0, 0.1) is 23.0 Å². The molecule has 2 heterocycles. The summed E-state index contributed by atoms with van der Waals surface area (Å²) >= 11 is 1.10. The Morgan fingerprint density at radius 2 is 1.64 bits per heavy atom. The highest BCUT2D eigenvalue weighted by Gasteiger charge is 2.36. The van der Waals surface area contributed by atoms with Gasteiger partial charge in [-0.2, -0.15) is 5.26 Å². The summed E-state index contributed by atoms with van der Waals surface area (Å²) in [5, 5.41) is 18.9. The van der Waals surface area contributed by atoms with Gasteiger partial charge in [0.05, 0.1) is 40.2 Å². The Balaban J connectivity index is 1.57. The van der Waals surface area contributed by atoms with Crippen molar-refractivity contribution in [3.05, 3.63) is 106 Å². The van der Waals surface area contributed by atoms with Gasteiger partial charge in [0.15, 0.2) is 0 Å². The molecular formula is C26H20F2N4O3S. The lowest BCUT2D eigenvalue weighted by atomic mass is 9.85. The second-order valence-corrected chi connectivity index (χ2v) is 8.76. The summed E-state index contributed by atoms with van der Waals surface area (Å²) in [6.45, 7) is 1.68. The molecule has 2 aromatic carbocycles. The van der Waals surface area contributed by atoms with E-state index in [0.717, 1.165) is 11.8 Å². The standard InChI is InChI=1S/C26H20F2N4O3S/c1-15-23(25(34)32-19-10-6-17(28)7-11-19)24(21-3-2-12-35-21)20(13-29)26(30-15)36-14-22(33)31-18-8-4-16(27)5-9-18/h2-12,24,30H,14H2,1H3,(H,31,33)(H,32,34)/t24-/m1/s1. The predicted octanol–water partition coefficient (Wildman–Crippen LogP) is 5.26. The SMILES string of the molecule is CC1=C(C(=O)Nc2ccc(F)cc2)[C@@H](c2ccco2)C(C#N)=C(SCC(=O)Nc2ccc(F)cc2)N1. The third-order valence-electron chi connectivity index (χ3n) is 5.30. The van der Waals surface area contributed by atoms with Crippen LogP contribution in [0.2, 0.25) is 0 Å². The molecule has 3 aromatic rings. The zero-order valence-corrected chi connectivity index (χ0v) is 19.8. The summed E-state index contributed by atoms with van der Waals surface area (Å²) in [6.07, 6.45) is 1.44. The Hall–Kier alpha value is -4.36. The van der Waals surface area contributed by atoms with Crippen LogP contribution < -0.4 is 16.0 Å². The molecule has 182 valence electrons. The zero-order valence-electron chi connectivity index (χ0n) is 19.0. The van der Waals surface area contributed by atoms with Crippen molar-refractivity contribution in [1.82, 2.24) is 5.32 Å². The minimum atomic E-state index is -0.825. The lowest BCUT2D eigenvalue weighted by molar-refractivity contribution is -0.114. The van der Waals surface area contributed by atoms with Crippen molar-refractivity contribution in [1.29, 1.82) is 5.26 Å². The molecule has 0 saturated heterocycles. The number of benzene rings is 2. The van der Waals surface area contributed by atoms with Crippen LogP contribution >= 0.6 is 11.8 Å². The van der Waals surface area contributed by atoms with Gasteiger partial charge >= 0.3 is 0 Å². The highest BCUT2D eigenvalue weighted by atomic mass is 32.2. The first kappa shape index (κ1) is 24.8. The second kappa shape index (κ2) is 10.9. The third-order valence-corrected chi connectivity index (χ3v) is 6.31. The molecule has 0 unspecified atom stereocenters. The molecular weight excluding hydrogens is 486 g/mol. The number of nitrogens with one attached hydrogen (secondary N) is 3. The van der Waals surface area contributed by atoms with E-state index in [2.05, 4.69) is 22.0 Å². The van der Waals surface area contributed by atoms with Crippen molar-refractivity contribution in [2.45, 2.75) is 12.8 Å². The number of halogens is 2. The molecule has 1 aromatic heterocycles. The van der Waals surface area contributed by atoms with E-state index in [-0.39, 0.29) is 22.8 Å². The number of dihydropyridines is 1. The molecule has 0 saturated carbocycles. The summed E-state index contributed by atoms with van der Waals surface area (Å²) in [5.41, 5.74) is 1.76. The van der Waals surface area contributed by atoms with E-state index in [4.69, 9.17) is 4.42 Å². The monoisotopic (exact) mass is 506 g/mol. The zero-order chi connectivity index (χ0) is 25.7. The van der Waals surface area contributed by atoms with Gasteiger partial charge in [-0.3, -0.25) is 9.59 Å². The van der Waals surface area contributed by atoms with E-state index in [0.29, 0.717) is 27.9 Å². The topological polar surface area (TPSA) is 107 Å². The molecule has 1 aliphatic rings. The Kier molecular flexibility index (Phi) is 7.51. The fourth-order valence-electron chi connectivity index (χ4n) is 3.67. The van der Waals surface area contributed by atoms with Gasteiger partial charge in [-0.1, -0.05) is 11.8 Å². The number of amides is 2. The number of hydrogen-bond donors (Lipinski definition) is 3. The number of carbonyl (C=O) groups excluding carboxylic acids is 2. The number of nitrogens with zero attached hydrogens (tertiary/aromatic N) is 1. The van der Waals surface area contributed by atoms with Crippen LogP contribution in [0.15, 0.2) is 93.2 Å². The largest absolute Gasteiger partial charge is 0.468 e. The summed E-state index contributed by atoms with van der Waals surface area (Å²) in [5.74, 6) is -2.17. The van der Waals surface area contributed by atoms with Gasteiger partial charge in [-0.15, -0.1) is 0 Å². The van der Waals surface area contributed by atoms with Crippen molar-refractivity contribution < 1.29 is 22.8 Å². The van der Waals surface area contributed by atoms with Gasteiger partial charge in [0.2, 0.25) is 5.91 Å². The molecule has 36 heavy (non-hydrogen) atoms. The Labute approximate surface area is 209 Å². The maximum atomic E-state index is 13.3. The van der Waals surface area contributed by atoms with E-state index in [1.54, 1.807) is 19.1 Å². The fraction of sp³-hybridized carbons (Fsp3) is 0.115. The first-order valence-corrected chi connectivity index (χ1v) is 11.7. The minimum absolute atomic E-state index is 0.0415. The maximum Gasteiger partial charge on any atom is 0.254 e. The van der Waals surface area contributed by atoms with Gasteiger partial charge in [0, 0.05) is 17.1 Å². The maximum absolute atomic E-state index is 13.3. The molecule has 0 radical (unpaired) electrons. The number of nitriles is 1. The van der Waals surface area contributed by atoms with Crippen LogP contribution in [0.5, 0.6) is 0 Å². The molecule has 1 atom stereocenters. The van der Waals surface area contributed by atoms with Crippen molar-refractivity contribution in [2.24, 2.45) is 0 Å². The summed E-state index contributed by atoms with van der Waals surface area (Å²) < 4.78 is 31.9. The number of anilines is 2. The normalized spacial score (nSPS) is 15.2. The van der Waals surface area contributed by atoms with Crippen LogP contribution in [-0.4, -0.2) is 17.6 Å². The number of carbonyl (C=O) groups is 2. The summed E-state index contributed by atoms with van der Waals surface area (Å²) in [7, 11) is 0. The Morgan fingerprint density at radius 3 is 2.19 bits per heavy atom. The fourth-order valence-corrected chi connectivity index (χ4v) is 4.56.